The molecule has 0 saturated heterocycles. The lowest BCUT2D eigenvalue weighted by atomic mass is 10.1. The predicted molar refractivity (Wildman–Crippen MR) is 105 cm³/mol. The van der Waals surface area contributed by atoms with E-state index in [1.807, 2.05) is 6.07 Å². The minimum Gasteiger partial charge on any atom is -0.493 e. The Morgan fingerprint density at radius 1 is 1.00 bits per heavy atom. The van der Waals surface area contributed by atoms with Crippen molar-refractivity contribution in [2.24, 2.45) is 5.10 Å². The van der Waals surface area contributed by atoms with Gasteiger partial charge in [-0.25, -0.2) is 5.43 Å². The maximum absolute atomic E-state index is 12.4. The van der Waals surface area contributed by atoms with Crippen molar-refractivity contribution in [3.05, 3.63) is 41.5 Å². The van der Waals surface area contributed by atoms with Gasteiger partial charge in [-0.1, -0.05) is 0 Å². The van der Waals surface area contributed by atoms with Crippen molar-refractivity contribution in [3.63, 3.8) is 0 Å². The summed E-state index contributed by atoms with van der Waals surface area (Å²) in [5.74, 6) is 1.53. The first-order chi connectivity index (χ1) is 14.1. The molecule has 0 fully saturated rings. The quantitative estimate of drug-likeness (QED) is 0.509. The van der Waals surface area contributed by atoms with Crippen molar-refractivity contribution in [2.75, 3.05) is 35.0 Å². The van der Waals surface area contributed by atoms with E-state index in [1.165, 1.54) is 46.8 Å². The van der Waals surface area contributed by atoms with Crippen molar-refractivity contribution >= 4 is 12.1 Å². The molecule has 0 bridgehead atoms. The molecule has 0 radical (unpaired) electrons. The molecular formula is C20H21N3O6. The van der Waals surface area contributed by atoms with Gasteiger partial charge in [-0.15, -0.1) is 0 Å². The van der Waals surface area contributed by atoms with Crippen molar-refractivity contribution in [3.8, 4) is 34.8 Å². The molecule has 0 unspecified atom stereocenters. The highest BCUT2D eigenvalue weighted by molar-refractivity contribution is 5.96. The van der Waals surface area contributed by atoms with Gasteiger partial charge in [0, 0.05) is 5.56 Å². The zero-order valence-corrected chi connectivity index (χ0v) is 16.5. The van der Waals surface area contributed by atoms with Crippen LogP contribution >= 0.6 is 0 Å². The predicted octanol–water partition coefficient (Wildman–Crippen LogP) is 2.39. The molecule has 9 heteroatoms. The van der Waals surface area contributed by atoms with Crippen LogP contribution < -0.4 is 29.1 Å². The van der Waals surface area contributed by atoms with E-state index in [9.17, 15) is 4.79 Å². The number of hydrogen-bond acceptors (Lipinski definition) is 8. The van der Waals surface area contributed by atoms with Crippen LogP contribution in [0.1, 0.15) is 15.9 Å². The summed E-state index contributed by atoms with van der Waals surface area (Å²) in [6.07, 6.45) is 1.45. The summed E-state index contributed by atoms with van der Waals surface area (Å²) in [6, 6.07) is 9.97. The average Bonchev–Trinajstić information content (AvgIpc) is 2.76. The summed E-state index contributed by atoms with van der Waals surface area (Å²) < 4.78 is 26.2. The zero-order valence-electron chi connectivity index (χ0n) is 16.5. The second kappa shape index (κ2) is 10.4. The molecule has 152 valence electrons. The number of carbonyl (C=O) groups excluding carboxylic acids is 1. The van der Waals surface area contributed by atoms with Gasteiger partial charge in [0.05, 0.1) is 34.7 Å². The van der Waals surface area contributed by atoms with E-state index in [1.54, 1.807) is 18.2 Å². The van der Waals surface area contributed by atoms with Gasteiger partial charge in [0.15, 0.2) is 29.6 Å². The van der Waals surface area contributed by atoms with Crippen molar-refractivity contribution < 1.29 is 28.5 Å². The molecule has 0 aliphatic carbocycles. The van der Waals surface area contributed by atoms with E-state index in [-0.39, 0.29) is 12.2 Å². The van der Waals surface area contributed by atoms with Gasteiger partial charge >= 0.3 is 0 Å². The summed E-state index contributed by atoms with van der Waals surface area (Å²) in [4.78, 5) is 12.4. The highest BCUT2D eigenvalue weighted by Gasteiger charge is 2.16. The molecular weight excluding hydrogens is 378 g/mol. The van der Waals surface area contributed by atoms with Crippen LogP contribution in [-0.2, 0) is 0 Å². The number of hydrogen-bond donors (Lipinski definition) is 1. The van der Waals surface area contributed by atoms with Crippen LogP contribution in [0.2, 0.25) is 0 Å². The van der Waals surface area contributed by atoms with Crippen molar-refractivity contribution in [2.45, 2.75) is 0 Å². The number of nitriles is 1. The first-order valence-corrected chi connectivity index (χ1v) is 8.39. The first kappa shape index (κ1) is 21.4. The Morgan fingerprint density at radius 2 is 1.66 bits per heavy atom. The van der Waals surface area contributed by atoms with Crippen LogP contribution in [0, 0.1) is 11.3 Å². The minimum atomic E-state index is -0.457. The fourth-order valence-electron chi connectivity index (χ4n) is 2.44. The minimum absolute atomic E-state index is 0.0887. The maximum atomic E-state index is 12.4. The van der Waals surface area contributed by atoms with Gasteiger partial charge in [-0.3, -0.25) is 4.79 Å². The normalized spacial score (nSPS) is 10.2. The first-order valence-electron chi connectivity index (χ1n) is 8.39. The summed E-state index contributed by atoms with van der Waals surface area (Å²) in [6.45, 7) is -0.0887. The lowest BCUT2D eigenvalue weighted by Crippen LogP contribution is -2.18. The van der Waals surface area contributed by atoms with Gasteiger partial charge in [-0.2, -0.15) is 10.4 Å². The number of nitrogens with one attached hydrogen (secondary N) is 1. The Morgan fingerprint density at radius 3 is 2.21 bits per heavy atom. The smallest absolute Gasteiger partial charge is 0.271 e. The fraction of sp³-hybridized carbons (Fsp3) is 0.250. The monoisotopic (exact) mass is 399 g/mol. The zero-order chi connectivity index (χ0) is 21.2. The lowest BCUT2D eigenvalue weighted by molar-refractivity contribution is 0.0954. The molecule has 2 rings (SSSR count). The van der Waals surface area contributed by atoms with Gasteiger partial charge < -0.3 is 23.7 Å². The molecule has 0 heterocycles. The molecule has 2 aromatic carbocycles. The number of hydrazone groups is 1. The third-order valence-corrected chi connectivity index (χ3v) is 3.79. The topological polar surface area (TPSA) is 111 Å². The standard InChI is InChI=1S/C20H21N3O6/c1-25-16-9-13(5-6-15(16)29-8-7-21)12-22-23-20(24)14-10-17(26-2)19(28-4)18(11-14)27-3/h5-6,9-12H,8H2,1-4H3,(H,23,24)/b22-12+. The molecule has 0 atom stereocenters. The summed E-state index contributed by atoms with van der Waals surface area (Å²) >= 11 is 0. The second-order valence-corrected chi connectivity index (χ2v) is 5.47. The molecule has 2 aromatic rings. The van der Waals surface area contributed by atoms with Gasteiger partial charge in [-0.05, 0) is 35.9 Å². The molecule has 0 aliphatic rings. The maximum Gasteiger partial charge on any atom is 0.271 e. The Bertz CT molecular complexity index is 911. The van der Waals surface area contributed by atoms with E-state index in [0.717, 1.165) is 0 Å². The Labute approximate surface area is 168 Å². The largest absolute Gasteiger partial charge is 0.493 e. The second-order valence-electron chi connectivity index (χ2n) is 5.47. The highest BCUT2D eigenvalue weighted by atomic mass is 16.5. The van der Waals surface area contributed by atoms with Gasteiger partial charge in [0.2, 0.25) is 5.75 Å². The highest BCUT2D eigenvalue weighted by Crippen LogP contribution is 2.38. The van der Waals surface area contributed by atoms with Crippen LogP contribution in [0.3, 0.4) is 0 Å². The van der Waals surface area contributed by atoms with E-state index in [0.29, 0.717) is 34.3 Å². The average molecular weight is 399 g/mol. The molecule has 0 spiro atoms. The Kier molecular flexibility index (Phi) is 7.68. The van der Waals surface area contributed by atoms with E-state index in [4.69, 9.17) is 28.9 Å². The van der Waals surface area contributed by atoms with E-state index >= 15 is 0 Å². The summed E-state index contributed by atoms with van der Waals surface area (Å²) in [5.41, 5.74) is 3.39. The summed E-state index contributed by atoms with van der Waals surface area (Å²) in [7, 11) is 5.90. The number of benzene rings is 2. The number of methoxy groups -OCH3 is 4. The third kappa shape index (κ3) is 5.29. The SMILES string of the molecule is COc1cc(/C=N/NC(=O)c2cc(OC)c(OC)c(OC)c2)ccc1OCC#N. The molecule has 0 aliphatic heterocycles. The van der Waals surface area contributed by atoms with Crippen LogP contribution in [0.5, 0.6) is 28.7 Å². The molecule has 1 N–H and O–H groups in total. The summed E-state index contributed by atoms with van der Waals surface area (Å²) in [5, 5.41) is 12.6. The molecule has 0 aromatic heterocycles. The van der Waals surface area contributed by atoms with Gasteiger partial charge in [0.25, 0.3) is 5.91 Å². The van der Waals surface area contributed by atoms with E-state index < -0.39 is 5.91 Å². The lowest BCUT2D eigenvalue weighted by Gasteiger charge is -2.13. The molecule has 1 amide bonds. The molecule has 9 nitrogen and oxygen atoms in total. The number of ether oxygens (including phenoxy) is 5. The molecule has 0 saturated carbocycles. The number of rotatable bonds is 9. The van der Waals surface area contributed by atoms with Crippen LogP contribution in [0.25, 0.3) is 0 Å². The number of amides is 1. The third-order valence-electron chi connectivity index (χ3n) is 3.79. The Hall–Kier alpha value is -3.93. The van der Waals surface area contributed by atoms with Crippen LogP contribution in [-0.4, -0.2) is 47.2 Å². The number of nitrogens with zero attached hydrogens (tertiary/aromatic N) is 2. The fourth-order valence-corrected chi connectivity index (χ4v) is 2.44. The van der Waals surface area contributed by atoms with E-state index in [2.05, 4.69) is 10.5 Å². The Balaban J connectivity index is 2.14. The number of carbonyl (C=O) groups is 1. The van der Waals surface area contributed by atoms with Crippen molar-refractivity contribution in [1.29, 1.82) is 5.26 Å². The van der Waals surface area contributed by atoms with Crippen LogP contribution in [0.4, 0.5) is 0 Å². The van der Waals surface area contributed by atoms with Crippen molar-refractivity contribution in [1.82, 2.24) is 5.43 Å². The van der Waals surface area contributed by atoms with Crippen LogP contribution in [0.15, 0.2) is 35.4 Å². The molecule has 29 heavy (non-hydrogen) atoms. The van der Waals surface area contributed by atoms with Gasteiger partial charge in [0.1, 0.15) is 6.07 Å².